The number of piperidine rings is 1. The Morgan fingerprint density at radius 2 is 1.85 bits per heavy atom. The molecule has 1 N–H and O–H groups in total. The maximum atomic E-state index is 13.4. The van der Waals surface area contributed by atoms with E-state index >= 15 is 0 Å². The second-order valence-electron chi connectivity index (χ2n) is 10.3. The summed E-state index contributed by atoms with van der Waals surface area (Å²) in [5.74, 6) is 1.29. The van der Waals surface area contributed by atoms with Crippen molar-refractivity contribution in [3.05, 3.63) is 94.1 Å². The molecule has 7 heteroatoms. The number of aliphatic hydroxyl groups is 1. The first-order valence-corrected chi connectivity index (χ1v) is 14.2. The average Bonchev–Trinajstić information content (AvgIpc) is 3.11. The zero-order chi connectivity index (χ0) is 27.4. The smallest absolute Gasteiger partial charge is 0.254 e. The second-order valence-corrected chi connectivity index (χ2v) is 10.7. The van der Waals surface area contributed by atoms with Crippen LogP contribution < -0.4 is 4.74 Å². The van der Waals surface area contributed by atoms with Crippen molar-refractivity contribution in [2.75, 3.05) is 32.7 Å². The Morgan fingerprint density at radius 3 is 2.56 bits per heavy atom. The zero-order valence-electron chi connectivity index (χ0n) is 22.7. The number of allylic oxidation sites excluding steroid dienone is 1. The van der Waals surface area contributed by atoms with Gasteiger partial charge in [-0.3, -0.25) is 4.79 Å². The lowest BCUT2D eigenvalue weighted by Crippen LogP contribution is -2.42. The van der Waals surface area contributed by atoms with Crippen LogP contribution in [0.5, 0.6) is 11.6 Å². The van der Waals surface area contributed by atoms with Gasteiger partial charge in [0.2, 0.25) is 5.88 Å². The summed E-state index contributed by atoms with van der Waals surface area (Å²) in [6, 6.07) is 17.2. The third-order valence-electron chi connectivity index (χ3n) is 8.01. The van der Waals surface area contributed by atoms with E-state index in [0.29, 0.717) is 54.6 Å². The zero-order valence-corrected chi connectivity index (χ0v) is 23.5. The number of aromatic nitrogens is 1. The number of amides is 1. The molecule has 0 spiro atoms. The number of benzene rings is 2. The highest BCUT2D eigenvalue weighted by Crippen LogP contribution is 2.40. The lowest BCUT2D eigenvalue weighted by atomic mass is 9.84. The molecule has 6 nitrogen and oxygen atoms in total. The number of carbonyl (C=O) groups excluding carboxylic acids is 1. The predicted molar refractivity (Wildman–Crippen MR) is 155 cm³/mol. The van der Waals surface area contributed by atoms with Crippen LogP contribution >= 0.6 is 11.6 Å². The van der Waals surface area contributed by atoms with E-state index in [-0.39, 0.29) is 5.91 Å². The Hall–Kier alpha value is -3.19. The molecule has 0 aliphatic carbocycles. The lowest BCUT2D eigenvalue weighted by molar-refractivity contribution is -0.0254. The van der Waals surface area contributed by atoms with E-state index < -0.39 is 5.60 Å². The van der Waals surface area contributed by atoms with Gasteiger partial charge in [-0.1, -0.05) is 35.9 Å². The summed E-state index contributed by atoms with van der Waals surface area (Å²) in [6.07, 6.45) is 6.84. The van der Waals surface area contributed by atoms with E-state index in [1.54, 1.807) is 6.20 Å². The monoisotopic (exact) mass is 545 g/mol. The van der Waals surface area contributed by atoms with Gasteiger partial charge in [0.05, 0.1) is 5.60 Å². The topological polar surface area (TPSA) is 65.9 Å². The molecular weight excluding hydrogens is 510 g/mol. The first kappa shape index (κ1) is 27.4. The van der Waals surface area contributed by atoms with Gasteiger partial charge < -0.3 is 19.6 Å². The second kappa shape index (κ2) is 11.9. The Morgan fingerprint density at radius 1 is 1.10 bits per heavy atom. The highest BCUT2D eigenvalue weighted by molar-refractivity contribution is 6.30. The predicted octanol–water partition coefficient (Wildman–Crippen LogP) is 6.32. The third kappa shape index (κ3) is 5.88. The van der Waals surface area contributed by atoms with Crippen LogP contribution in [0.15, 0.2) is 66.9 Å². The molecule has 1 aromatic heterocycles. The van der Waals surface area contributed by atoms with E-state index in [9.17, 15) is 9.90 Å². The standard InChI is InChI=1S/C32H36ClN3O3/c1-3-36(4-2)31(37)27-9-5-11-29-28(27)22-23(26-10-6-18-34-30(26)39-29)8-7-19-35-20-16-32(38,17-21-35)24-12-14-25(33)15-13-24/h5-6,8-15,18,38H,3-4,7,16-17,19-22H2,1-2H3. The van der Waals surface area contributed by atoms with Crippen LogP contribution in [0.3, 0.4) is 0 Å². The Balaban J connectivity index is 1.33. The SMILES string of the molecule is CCN(CC)C(=O)c1cccc2c1CC(=CCCN1CCC(O)(c3ccc(Cl)cc3)CC1)c1cccnc1O2. The first-order chi connectivity index (χ1) is 18.9. The number of likely N-dealkylation sites (tertiary alicyclic amines) is 1. The van der Waals surface area contributed by atoms with Gasteiger partial charge in [-0.2, -0.15) is 0 Å². The van der Waals surface area contributed by atoms with Crippen molar-refractivity contribution >= 4 is 23.1 Å². The minimum atomic E-state index is -0.805. The van der Waals surface area contributed by atoms with Gasteiger partial charge in [-0.15, -0.1) is 0 Å². The molecule has 3 aromatic rings. The molecule has 0 atom stereocenters. The van der Waals surface area contributed by atoms with Gasteiger partial charge in [0.25, 0.3) is 5.91 Å². The number of carbonyl (C=O) groups is 1. The van der Waals surface area contributed by atoms with E-state index in [1.807, 2.05) is 73.3 Å². The Kier molecular flexibility index (Phi) is 8.36. The molecule has 204 valence electrons. The van der Waals surface area contributed by atoms with Gasteiger partial charge in [0, 0.05) is 67.1 Å². The summed E-state index contributed by atoms with van der Waals surface area (Å²) >= 11 is 6.04. The van der Waals surface area contributed by atoms with Crippen molar-refractivity contribution in [1.29, 1.82) is 0 Å². The molecule has 0 radical (unpaired) electrons. The van der Waals surface area contributed by atoms with E-state index in [2.05, 4.69) is 16.0 Å². The van der Waals surface area contributed by atoms with Gasteiger partial charge in [0.15, 0.2) is 0 Å². The summed E-state index contributed by atoms with van der Waals surface area (Å²) in [5, 5.41) is 11.9. The molecule has 39 heavy (non-hydrogen) atoms. The number of hydrogen-bond acceptors (Lipinski definition) is 5. The van der Waals surface area contributed by atoms with Gasteiger partial charge in [-0.05, 0) is 80.6 Å². The van der Waals surface area contributed by atoms with E-state index in [0.717, 1.165) is 48.3 Å². The molecule has 0 saturated carbocycles. The summed E-state index contributed by atoms with van der Waals surface area (Å²) in [7, 11) is 0. The van der Waals surface area contributed by atoms with Crippen molar-refractivity contribution in [1.82, 2.24) is 14.8 Å². The molecule has 0 unspecified atom stereocenters. The van der Waals surface area contributed by atoms with Gasteiger partial charge >= 0.3 is 0 Å². The van der Waals surface area contributed by atoms with Crippen LogP contribution in [0.25, 0.3) is 5.57 Å². The minimum absolute atomic E-state index is 0.0280. The van der Waals surface area contributed by atoms with Crippen LogP contribution in [0.1, 0.15) is 60.2 Å². The largest absolute Gasteiger partial charge is 0.438 e. The van der Waals surface area contributed by atoms with Crippen molar-refractivity contribution in [3.63, 3.8) is 0 Å². The Labute approximate surface area is 235 Å². The number of nitrogens with zero attached hydrogens (tertiary/aromatic N) is 3. The molecule has 3 heterocycles. The van der Waals surface area contributed by atoms with Crippen LogP contribution in [0, 0.1) is 0 Å². The summed E-state index contributed by atoms with van der Waals surface area (Å²) in [4.78, 5) is 22.1. The lowest BCUT2D eigenvalue weighted by Gasteiger charge is -2.38. The summed E-state index contributed by atoms with van der Waals surface area (Å²) in [5.41, 5.74) is 3.80. The maximum absolute atomic E-state index is 13.4. The maximum Gasteiger partial charge on any atom is 0.254 e. The number of hydrogen-bond donors (Lipinski definition) is 1. The van der Waals surface area contributed by atoms with Crippen LogP contribution in [0.2, 0.25) is 5.02 Å². The van der Waals surface area contributed by atoms with Crippen molar-refractivity contribution in [3.8, 4) is 11.6 Å². The molecule has 5 rings (SSSR count). The van der Waals surface area contributed by atoms with E-state index in [4.69, 9.17) is 16.3 Å². The van der Waals surface area contributed by atoms with Crippen LogP contribution in [0.4, 0.5) is 0 Å². The van der Waals surface area contributed by atoms with Crippen LogP contribution in [-0.2, 0) is 12.0 Å². The Bertz CT molecular complexity index is 1340. The fourth-order valence-corrected chi connectivity index (χ4v) is 5.76. The average molecular weight is 546 g/mol. The third-order valence-corrected chi connectivity index (χ3v) is 8.26. The van der Waals surface area contributed by atoms with Crippen molar-refractivity contribution < 1.29 is 14.6 Å². The van der Waals surface area contributed by atoms with Crippen molar-refractivity contribution in [2.24, 2.45) is 0 Å². The number of fused-ring (bicyclic) bond motifs is 2. The van der Waals surface area contributed by atoms with Gasteiger partial charge in [-0.25, -0.2) is 4.98 Å². The quantitative estimate of drug-likeness (QED) is 0.376. The molecule has 2 aromatic carbocycles. The molecule has 0 bridgehead atoms. The highest BCUT2D eigenvalue weighted by atomic mass is 35.5. The van der Waals surface area contributed by atoms with E-state index in [1.165, 1.54) is 0 Å². The number of pyridine rings is 1. The normalized spacial score (nSPS) is 17.6. The molecular formula is C32H36ClN3O3. The fourth-order valence-electron chi connectivity index (χ4n) is 5.63. The van der Waals surface area contributed by atoms with Crippen LogP contribution in [-0.4, -0.2) is 58.5 Å². The number of rotatable bonds is 7. The first-order valence-electron chi connectivity index (χ1n) is 13.9. The number of ether oxygens (including phenoxy) is 1. The molecule has 1 saturated heterocycles. The summed E-state index contributed by atoms with van der Waals surface area (Å²) < 4.78 is 6.27. The minimum Gasteiger partial charge on any atom is -0.438 e. The molecule has 2 aliphatic heterocycles. The molecule has 1 fully saturated rings. The fraction of sp³-hybridized carbons (Fsp3) is 0.375. The summed E-state index contributed by atoms with van der Waals surface area (Å²) in [6.45, 7) is 7.87. The van der Waals surface area contributed by atoms with Crippen molar-refractivity contribution in [2.45, 2.75) is 45.1 Å². The highest BCUT2D eigenvalue weighted by Gasteiger charge is 2.33. The molecule has 1 amide bonds. The van der Waals surface area contributed by atoms with Gasteiger partial charge in [0.1, 0.15) is 5.75 Å². The molecule has 2 aliphatic rings. The number of halogens is 1.